The number of para-hydroxylation sites is 2. The summed E-state index contributed by atoms with van der Waals surface area (Å²) in [6, 6.07) is 102. The molecule has 0 saturated carbocycles. The highest BCUT2D eigenvalue weighted by molar-refractivity contribution is 6.10. The minimum Gasteiger partial charge on any atom is -0.310 e. The van der Waals surface area contributed by atoms with Crippen molar-refractivity contribution in [3.63, 3.8) is 0 Å². The summed E-state index contributed by atoms with van der Waals surface area (Å²) in [5, 5.41) is 2.44. The summed E-state index contributed by atoms with van der Waals surface area (Å²) in [7, 11) is 0. The van der Waals surface area contributed by atoms with E-state index in [1.807, 2.05) is 0 Å². The van der Waals surface area contributed by atoms with E-state index in [0.29, 0.717) is 0 Å². The van der Waals surface area contributed by atoms with Crippen molar-refractivity contribution >= 4 is 38.9 Å². The molecule has 12 aromatic rings. The number of benzene rings is 11. The lowest BCUT2D eigenvalue weighted by Crippen LogP contribution is -2.28. The Morgan fingerprint density at radius 1 is 0.275 bits per heavy atom. The van der Waals surface area contributed by atoms with Crippen molar-refractivity contribution in [1.29, 1.82) is 0 Å². The van der Waals surface area contributed by atoms with E-state index in [4.69, 9.17) is 0 Å². The van der Waals surface area contributed by atoms with Gasteiger partial charge in [0, 0.05) is 33.5 Å². The van der Waals surface area contributed by atoms with Crippen molar-refractivity contribution in [1.82, 2.24) is 4.57 Å². The summed E-state index contributed by atoms with van der Waals surface area (Å²) in [5.41, 5.74) is 20.9. The Kier molecular flexibility index (Phi) is 9.77. The fraction of sp³-hybridized carbons (Fsp3) is 0.0149. The number of anilines is 3. The second kappa shape index (κ2) is 16.7. The molecule has 13 rings (SSSR count). The highest BCUT2D eigenvalue weighted by Gasteiger charge is 2.46. The van der Waals surface area contributed by atoms with Crippen LogP contribution in [0.4, 0.5) is 17.1 Å². The van der Waals surface area contributed by atoms with E-state index in [0.717, 1.165) is 39.4 Å². The molecule has 0 atom stereocenters. The summed E-state index contributed by atoms with van der Waals surface area (Å²) in [6.07, 6.45) is 0. The lowest BCUT2D eigenvalue weighted by molar-refractivity contribution is 0.768. The van der Waals surface area contributed by atoms with E-state index in [9.17, 15) is 0 Å². The van der Waals surface area contributed by atoms with Crippen molar-refractivity contribution in [2.75, 3.05) is 4.90 Å². The molecule has 0 aliphatic heterocycles. The molecule has 1 heterocycles. The average molecular weight is 879 g/mol. The van der Waals surface area contributed by atoms with Crippen molar-refractivity contribution in [3.8, 4) is 50.2 Å². The molecule has 0 amide bonds. The quantitative estimate of drug-likeness (QED) is 0.140. The standard InChI is InChI=1S/C67H46N2/c1-6-21-47(22-7-1)49-25-20-32-56(42-49)69-65-36-19-17-34-61(65)62-45-50(37-40-66(62)69)52-41-51(48-23-8-2-9-24-48)43-58(44-52)68(55-30-14-5-15-31-55)57-38-39-60-59-33-16-18-35-63(59)67(64(60)46-57,53-26-10-3-11-27-53)54-28-12-4-13-29-54/h1-46H. The van der Waals surface area contributed by atoms with Crippen LogP contribution in [-0.4, -0.2) is 4.57 Å². The zero-order chi connectivity index (χ0) is 45.7. The smallest absolute Gasteiger partial charge is 0.0714 e. The first kappa shape index (κ1) is 40.3. The van der Waals surface area contributed by atoms with Gasteiger partial charge in [-0.15, -0.1) is 0 Å². The second-order valence-electron chi connectivity index (χ2n) is 18.1. The third kappa shape index (κ3) is 6.72. The molecule has 0 unspecified atom stereocenters. The maximum atomic E-state index is 2.46. The van der Waals surface area contributed by atoms with Crippen LogP contribution >= 0.6 is 0 Å². The van der Waals surface area contributed by atoms with Crippen LogP contribution in [0.5, 0.6) is 0 Å². The Hall–Kier alpha value is -8.98. The van der Waals surface area contributed by atoms with Gasteiger partial charge in [0.05, 0.1) is 16.4 Å². The summed E-state index contributed by atoms with van der Waals surface area (Å²) in [6.45, 7) is 0. The molecule has 2 nitrogen and oxygen atoms in total. The van der Waals surface area contributed by atoms with Gasteiger partial charge >= 0.3 is 0 Å². The number of aromatic nitrogens is 1. The number of hydrogen-bond donors (Lipinski definition) is 0. The van der Waals surface area contributed by atoms with Crippen molar-refractivity contribution in [2.24, 2.45) is 0 Å². The minimum atomic E-state index is -0.526. The maximum Gasteiger partial charge on any atom is 0.0714 e. The van der Waals surface area contributed by atoms with E-state index in [-0.39, 0.29) is 0 Å². The zero-order valence-corrected chi connectivity index (χ0v) is 38.0. The van der Waals surface area contributed by atoms with Crippen LogP contribution in [-0.2, 0) is 5.41 Å². The highest BCUT2D eigenvalue weighted by atomic mass is 15.1. The molecule has 0 fully saturated rings. The first-order valence-electron chi connectivity index (χ1n) is 23.8. The highest BCUT2D eigenvalue weighted by Crippen LogP contribution is 2.57. The molecule has 69 heavy (non-hydrogen) atoms. The fourth-order valence-corrected chi connectivity index (χ4v) is 11.2. The van der Waals surface area contributed by atoms with Crippen LogP contribution in [0.3, 0.4) is 0 Å². The molecule has 2 heteroatoms. The predicted molar refractivity (Wildman–Crippen MR) is 289 cm³/mol. The molecule has 0 bridgehead atoms. The summed E-state index contributed by atoms with van der Waals surface area (Å²) < 4.78 is 2.42. The Balaban J connectivity index is 1.02. The van der Waals surface area contributed by atoms with E-state index in [2.05, 4.69) is 289 Å². The minimum absolute atomic E-state index is 0.526. The van der Waals surface area contributed by atoms with Crippen molar-refractivity contribution < 1.29 is 0 Å². The van der Waals surface area contributed by atoms with Gasteiger partial charge in [-0.05, 0) is 140 Å². The number of hydrogen-bond acceptors (Lipinski definition) is 1. The summed E-state index contributed by atoms with van der Waals surface area (Å²) >= 11 is 0. The molecule has 0 N–H and O–H groups in total. The average Bonchev–Trinajstić information content (AvgIpc) is 3.92. The largest absolute Gasteiger partial charge is 0.310 e. The first-order valence-corrected chi connectivity index (χ1v) is 23.8. The molecule has 324 valence electrons. The molecule has 0 radical (unpaired) electrons. The Labute approximate surface area is 403 Å². The molecular formula is C67H46N2. The van der Waals surface area contributed by atoms with Crippen molar-refractivity contribution in [2.45, 2.75) is 5.41 Å². The molecule has 1 aliphatic rings. The normalized spacial score (nSPS) is 12.5. The monoisotopic (exact) mass is 878 g/mol. The summed E-state index contributed by atoms with van der Waals surface area (Å²) in [5.74, 6) is 0. The fourth-order valence-electron chi connectivity index (χ4n) is 11.2. The van der Waals surface area contributed by atoms with Crippen LogP contribution in [0.15, 0.2) is 279 Å². The SMILES string of the molecule is c1ccc(-c2cc(-c3ccc4c(c3)c3ccccc3n4-c3cccc(-c4ccccc4)c3)cc(N(c3ccccc3)c3ccc4c(c3)C(c3ccccc3)(c3ccccc3)c3ccccc3-4)c2)cc1. The lowest BCUT2D eigenvalue weighted by Gasteiger charge is -2.35. The molecule has 1 aromatic heterocycles. The molecule has 0 saturated heterocycles. The van der Waals surface area contributed by atoms with Gasteiger partial charge in [0.15, 0.2) is 0 Å². The predicted octanol–water partition coefficient (Wildman–Crippen LogP) is 17.6. The van der Waals surface area contributed by atoms with Crippen LogP contribution in [0, 0.1) is 0 Å². The van der Waals surface area contributed by atoms with Gasteiger partial charge in [0.1, 0.15) is 0 Å². The van der Waals surface area contributed by atoms with Gasteiger partial charge < -0.3 is 9.47 Å². The van der Waals surface area contributed by atoms with Gasteiger partial charge in [-0.25, -0.2) is 0 Å². The van der Waals surface area contributed by atoms with Gasteiger partial charge in [0.25, 0.3) is 0 Å². The van der Waals surface area contributed by atoms with Gasteiger partial charge in [-0.1, -0.05) is 206 Å². The molecular weight excluding hydrogens is 833 g/mol. The summed E-state index contributed by atoms with van der Waals surface area (Å²) in [4.78, 5) is 2.45. The zero-order valence-electron chi connectivity index (χ0n) is 38.0. The Bertz CT molecular complexity index is 3780. The Morgan fingerprint density at radius 3 is 1.52 bits per heavy atom. The van der Waals surface area contributed by atoms with E-state index in [1.165, 1.54) is 71.9 Å². The number of rotatable bonds is 9. The maximum absolute atomic E-state index is 2.46. The third-order valence-electron chi connectivity index (χ3n) is 14.2. The topological polar surface area (TPSA) is 8.17 Å². The van der Waals surface area contributed by atoms with Crippen LogP contribution in [0.25, 0.3) is 72.0 Å². The van der Waals surface area contributed by atoms with Gasteiger partial charge in [-0.3, -0.25) is 0 Å². The van der Waals surface area contributed by atoms with E-state index < -0.39 is 5.41 Å². The van der Waals surface area contributed by atoms with Gasteiger partial charge in [0.2, 0.25) is 0 Å². The van der Waals surface area contributed by atoms with E-state index in [1.54, 1.807) is 0 Å². The third-order valence-corrected chi connectivity index (χ3v) is 14.2. The number of fused-ring (bicyclic) bond motifs is 6. The molecule has 11 aromatic carbocycles. The second-order valence-corrected chi connectivity index (χ2v) is 18.1. The van der Waals surface area contributed by atoms with Crippen LogP contribution in [0.1, 0.15) is 22.3 Å². The van der Waals surface area contributed by atoms with Gasteiger partial charge in [-0.2, -0.15) is 0 Å². The Morgan fingerprint density at radius 2 is 0.812 bits per heavy atom. The number of nitrogens with zero attached hydrogens (tertiary/aromatic N) is 2. The van der Waals surface area contributed by atoms with Crippen LogP contribution in [0.2, 0.25) is 0 Å². The lowest BCUT2D eigenvalue weighted by atomic mass is 9.67. The van der Waals surface area contributed by atoms with Crippen molar-refractivity contribution in [3.05, 3.63) is 301 Å². The van der Waals surface area contributed by atoms with Crippen LogP contribution < -0.4 is 4.90 Å². The first-order chi connectivity index (χ1) is 34.2. The molecule has 0 spiro atoms. The molecule has 1 aliphatic carbocycles. The van der Waals surface area contributed by atoms with E-state index >= 15 is 0 Å².